The summed E-state index contributed by atoms with van der Waals surface area (Å²) in [6.07, 6.45) is 0.628. The van der Waals surface area contributed by atoms with Crippen LogP contribution in [0.25, 0.3) is 0 Å². The van der Waals surface area contributed by atoms with E-state index < -0.39 is 157 Å². The molecule has 31 heteroatoms. The van der Waals surface area contributed by atoms with Crippen LogP contribution in [0.5, 0.6) is 5.75 Å². The number of nitrogens with two attached hydrogens (primary N) is 5. The number of unbranched alkanes of at least 4 members (excludes halogenated alkanes) is 1. The highest BCUT2D eigenvalue weighted by Gasteiger charge is 2.34. The lowest BCUT2D eigenvalue weighted by atomic mass is 10.0. The number of carbonyl (C=O) groups is 12. The average Bonchev–Trinajstić information content (AvgIpc) is 3.87. The molecule has 9 atom stereocenters. The number of primary amides is 3. The maximum atomic E-state index is 13.7. The van der Waals surface area contributed by atoms with Gasteiger partial charge in [-0.25, -0.2) is 4.98 Å². The van der Waals surface area contributed by atoms with Gasteiger partial charge in [0.2, 0.25) is 70.9 Å². The summed E-state index contributed by atoms with van der Waals surface area (Å²) in [5.41, 5.74) is 28.2. The van der Waals surface area contributed by atoms with E-state index in [0.29, 0.717) is 30.6 Å². The number of nitrogens with zero attached hydrogens (tertiary/aromatic N) is 1. The molecule has 0 bridgehead atoms. The van der Waals surface area contributed by atoms with Crippen molar-refractivity contribution in [1.29, 1.82) is 0 Å². The monoisotopic (exact) mass is 1090 g/mol. The molecular weight excluding hydrogens is 1020 g/mol. The number of carbonyl (C=O) groups excluding carboxylic acids is 12. The minimum Gasteiger partial charge on any atom is -0.508 e. The molecule has 0 aliphatic carbocycles. The van der Waals surface area contributed by atoms with Gasteiger partial charge < -0.3 is 91.7 Å². The molecule has 0 spiro atoms. The zero-order valence-electron chi connectivity index (χ0n) is 42.1. The number of thiol groups is 1. The summed E-state index contributed by atoms with van der Waals surface area (Å²) in [5.74, 6) is -12.8. The van der Waals surface area contributed by atoms with Crippen LogP contribution in [-0.4, -0.2) is 171 Å². The van der Waals surface area contributed by atoms with E-state index in [4.69, 9.17) is 28.7 Å². The van der Waals surface area contributed by atoms with Gasteiger partial charge in [0.15, 0.2) is 0 Å². The number of imidazole rings is 1. The van der Waals surface area contributed by atoms with E-state index in [1.165, 1.54) is 43.7 Å². The van der Waals surface area contributed by atoms with Crippen LogP contribution < -0.4 is 76.5 Å². The first-order valence-corrected chi connectivity index (χ1v) is 24.4. The van der Waals surface area contributed by atoms with Gasteiger partial charge in [0.1, 0.15) is 48.0 Å². The fraction of sp³-hybridized carbons (Fsp3) is 0.533. The number of aromatic hydroxyl groups is 1. The Balaban J connectivity index is 2.17. The fourth-order valence-electron chi connectivity index (χ4n) is 6.91. The van der Waals surface area contributed by atoms with Crippen LogP contribution in [0, 0.1) is 5.92 Å². The topological polar surface area (TPSA) is 512 Å². The van der Waals surface area contributed by atoms with Gasteiger partial charge in [-0.05, 0) is 49.9 Å². The molecule has 0 radical (unpaired) electrons. The van der Waals surface area contributed by atoms with Gasteiger partial charge in [-0.15, -0.1) is 0 Å². The molecule has 12 amide bonds. The summed E-state index contributed by atoms with van der Waals surface area (Å²) < 4.78 is 0. The molecule has 0 unspecified atom stereocenters. The summed E-state index contributed by atoms with van der Waals surface area (Å²) in [5, 5.41) is 40.8. The summed E-state index contributed by atoms with van der Waals surface area (Å²) in [7, 11) is 0. The van der Waals surface area contributed by atoms with Gasteiger partial charge in [-0.2, -0.15) is 12.6 Å². The quantitative estimate of drug-likeness (QED) is 0.0229. The van der Waals surface area contributed by atoms with Crippen molar-refractivity contribution in [3.63, 3.8) is 0 Å². The third-order valence-corrected chi connectivity index (χ3v) is 11.4. The lowest BCUT2D eigenvalue weighted by Crippen LogP contribution is -2.61. The molecule has 420 valence electrons. The van der Waals surface area contributed by atoms with Crippen molar-refractivity contribution in [3.05, 3.63) is 48.0 Å². The lowest BCUT2D eigenvalue weighted by molar-refractivity contribution is -0.135. The van der Waals surface area contributed by atoms with Crippen LogP contribution in [0.15, 0.2) is 36.8 Å². The number of aromatic nitrogens is 2. The minimum absolute atomic E-state index is 0.116. The van der Waals surface area contributed by atoms with Crippen LogP contribution in [0.3, 0.4) is 0 Å². The highest BCUT2D eigenvalue weighted by molar-refractivity contribution is 7.80. The van der Waals surface area contributed by atoms with Gasteiger partial charge in [0.05, 0.1) is 44.4 Å². The Morgan fingerprint density at radius 3 is 1.63 bits per heavy atom. The largest absolute Gasteiger partial charge is 0.508 e. The van der Waals surface area contributed by atoms with Gasteiger partial charge in [0.25, 0.3) is 0 Å². The van der Waals surface area contributed by atoms with Gasteiger partial charge >= 0.3 is 0 Å². The maximum absolute atomic E-state index is 13.7. The molecule has 1 aromatic carbocycles. The molecule has 30 nitrogen and oxygen atoms in total. The van der Waals surface area contributed by atoms with Crippen LogP contribution in [0.1, 0.15) is 64.1 Å². The smallest absolute Gasteiger partial charge is 0.244 e. The van der Waals surface area contributed by atoms with E-state index in [1.54, 1.807) is 13.8 Å². The fourth-order valence-corrected chi connectivity index (χ4v) is 7.17. The van der Waals surface area contributed by atoms with Crippen LogP contribution >= 0.6 is 12.6 Å². The molecule has 1 heterocycles. The Morgan fingerprint density at radius 1 is 0.618 bits per heavy atom. The number of benzene rings is 1. The Morgan fingerprint density at radius 2 is 1.12 bits per heavy atom. The second-order valence-electron chi connectivity index (χ2n) is 17.8. The number of nitrogens with one attached hydrogen (secondary N) is 10. The number of aromatic amines is 1. The van der Waals surface area contributed by atoms with Crippen molar-refractivity contribution >= 4 is 83.5 Å². The van der Waals surface area contributed by atoms with Gasteiger partial charge in [-0.1, -0.05) is 32.4 Å². The van der Waals surface area contributed by atoms with Gasteiger partial charge in [0, 0.05) is 30.5 Å². The third-order valence-electron chi connectivity index (χ3n) is 11.0. The van der Waals surface area contributed by atoms with E-state index in [1.807, 2.05) is 0 Å². The van der Waals surface area contributed by atoms with Gasteiger partial charge in [-0.3, -0.25) is 57.5 Å². The summed E-state index contributed by atoms with van der Waals surface area (Å²) in [6.45, 7) is 2.97. The summed E-state index contributed by atoms with van der Waals surface area (Å²) >= 11 is 4.10. The molecule has 0 aliphatic heterocycles. The molecule has 2 rings (SSSR count). The maximum Gasteiger partial charge on any atom is 0.244 e. The Bertz CT molecular complexity index is 2340. The SMILES string of the molecule is CC(C)[C@H](NC(=O)CNC(=O)[C@H](CC(N)=O)NC(=O)CNC(=O)[C@H](Cc1ccc(O)cc1)NC(=O)[C@@H](CC(N)=O)NC(=O)[C@H](N)CCCCN)C(=O)N[C@@H](Cc1cnc[nH]1)C(=O)N[C@@H](CS)C(=O)N[C@H](C(N)=O)[C@@H](C)O. The van der Waals surface area contributed by atoms with Crippen molar-refractivity contribution < 1.29 is 67.7 Å². The Hall–Kier alpha value is -7.90. The first-order valence-electron chi connectivity index (χ1n) is 23.8. The zero-order chi connectivity index (χ0) is 57.2. The lowest BCUT2D eigenvalue weighted by Gasteiger charge is -2.27. The Kier molecular flexibility index (Phi) is 27.4. The van der Waals surface area contributed by atoms with E-state index >= 15 is 0 Å². The van der Waals surface area contributed by atoms with E-state index in [0.717, 1.165) is 0 Å². The molecular formula is C45H70N16O14S. The van der Waals surface area contributed by atoms with E-state index in [2.05, 4.69) is 70.4 Å². The number of aliphatic hydroxyl groups excluding tert-OH is 1. The molecule has 1 aromatic heterocycles. The number of hydrogen-bond acceptors (Lipinski definition) is 18. The van der Waals surface area contributed by atoms with Crippen LogP contribution in [0.4, 0.5) is 0 Å². The Labute approximate surface area is 441 Å². The molecule has 22 N–H and O–H groups in total. The number of amides is 12. The summed E-state index contributed by atoms with van der Waals surface area (Å²) in [4.78, 5) is 162. The number of hydrogen-bond donors (Lipinski definition) is 18. The van der Waals surface area contributed by atoms with Crippen molar-refractivity contribution in [2.75, 3.05) is 25.4 Å². The molecule has 0 saturated heterocycles. The number of aliphatic hydroxyl groups is 1. The molecule has 0 aliphatic rings. The summed E-state index contributed by atoms with van der Waals surface area (Å²) in [6, 6.07) is -6.07. The predicted octanol–water partition coefficient (Wildman–Crippen LogP) is -7.81. The van der Waals surface area contributed by atoms with E-state index in [-0.39, 0.29) is 30.8 Å². The number of H-pyrrole nitrogens is 1. The highest BCUT2D eigenvalue weighted by atomic mass is 32.1. The minimum atomic E-state index is -1.72. The molecule has 2 aromatic rings. The van der Waals surface area contributed by atoms with E-state index in [9.17, 15) is 67.7 Å². The van der Waals surface area contributed by atoms with Crippen molar-refractivity contribution in [3.8, 4) is 5.75 Å². The highest BCUT2D eigenvalue weighted by Crippen LogP contribution is 2.13. The van der Waals surface area contributed by atoms with Crippen molar-refractivity contribution in [1.82, 2.24) is 57.8 Å². The number of rotatable bonds is 34. The first kappa shape index (κ1) is 64.2. The standard InChI is InChI=1S/C45H70N16O14S/c1-21(2)36(45(75)58-28(13-24-16-51-20-54-24)42(72)59-31(19-76)44(74)61-37(22(3)62)38(50)68)60-35(67)18-53-41(71)29(14-32(48)64)55-34(66)17-52-40(70)27(12-23-7-9-25(63)10-8-23)57-43(73)30(15-33(49)65)56-39(69)26(47)6-4-5-11-46/h7-10,16,20-22,26-31,36-37,62-63,76H,4-6,11-15,17-19,46-47H2,1-3H3,(H2,48,64)(H2,49,65)(H2,50,68)(H,51,54)(H,52,70)(H,53,71)(H,55,66)(H,56,69)(H,57,73)(H,58,75)(H,59,72)(H,60,67)(H,61,74)/t22-,26-,27+,28+,29+,30-,31+,36+,37+/m1/s1. The van der Waals surface area contributed by atoms with Crippen LogP contribution in [-0.2, 0) is 70.4 Å². The molecule has 0 saturated carbocycles. The van der Waals surface area contributed by atoms with Crippen molar-refractivity contribution in [2.45, 2.75) is 120 Å². The predicted molar refractivity (Wildman–Crippen MR) is 272 cm³/mol. The number of phenolic OH excluding ortho intramolecular Hbond substituents is 1. The van der Waals surface area contributed by atoms with Crippen LogP contribution in [0.2, 0.25) is 0 Å². The third kappa shape index (κ3) is 23.1. The first-order chi connectivity index (χ1) is 35.8. The molecule has 76 heavy (non-hydrogen) atoms. The second-order valence-corrected chi connectivity index (χ2v) is 18.1. The normalized spacial score (nSPS) is 14.5. The average molecular weight is 1090 g/mol. The zero-order valence-corrected chi connectivity index (χ0v) is 43.0. The number of phenols is 1. The van der Waals surface area contributed by atoms with Crippen molar-refractivity contribution in [2.24, 2.45) is 34.6 Å². The molecule has 0 fully saturated rings. The second kappa shape index (κ2) is 32.4.